The van der Waals surface area contributed by atoms with Crippen molar-refractivity contribution in [2.24, 2.45) is 17.4 Å². The first-order valence-electron chi connectivity index (χ1n) is 1.06. The van der Waals surface area contributed by atoms with E-state index in [1.807, 2.05) is 0 Å². The highest BCUT2D eigenvalue weighted by Crippen LogP contribution is 1.04. The maximum absolute atomic E-state index is 7.35. The van der Waals surface area contributed by atoms with Gasteiger partial charge in [-0.15, -0.1) is 0 Å². The van der Waals surface area contributed by atoms with Crippen LogP contribution in [0.3, 0.4) is 0 Å². The number of hydrogen-bond acceptors (Lipinski definition) is 4. The van der Waals surface area contributed by atoms with E-state index in [0.29, 0.717) is 0 Å². The summed E-state index contributed by atoms with van der Waals surface area (Å²) in [5.74, 6) is 8.00. The third-order valence-corrected chi connectivity index (χ3v) is 0. The fourth-order valence-corrected chi connectivity index (χ4v) is 0. The summed E-state index contributed by atoms with van der Waals surface area (Å²) in [6.45, 7) is -0.250. The number of nitrogens with two attached hydrogens (primary N) is 3. The zero-order valence-electron chi connectivity index (χ0n) is 2.89. The van der Waals surface area contributed by atoms with Crippen LogP contribution in [0.5, 0.6) is 0 Å². The maximum atomic E-state index is 7.35. The van der Waals surface area contributed by atoms with E-state index in [1.54, 1.807) is 0 Å². The van der Waals surface area contributed by atoms with E-state index in [4.69, 9.17) is 5.11 Å². The highest BCUT2D eigenvalue weighted by atomic mass is 16.3. The first kappa shape index (κ1) is 8.85. The predicted octanol–water partition coefficient (Wildman–Crippen LogP) is -2.29. The van der Waals surface area contributed by atoms with E-state index < -0.39 is 0 Å². The monoisotopic (exact) mass is 79.1 g/mol. The Hall–Kier alpha value is -0.160. The molecular formula is CH9N3O. The van der Waals surface area contributed by atoms with Crippen molar-refractivity contribution in [3.8, 4) is 0 Å². The van der Waals surface area contributed by atoms with Gasteiger partial charge in [-0.2, -0.15) is 0 Å². The molecule has 0 aliphatic rings. The summed E-state index contributed by atoms with van der Waals surface area (Å²) in [6.07, 6.45) is 0. The fourth-order valence-electron chi connectivity index (χ4n) is 0. The van der Waals surface area contributed by atoms with Crippen molar-refractivity contribution in [3.63, 3.8) is 0 Å². The lowest BCUT2D eigenvalue weighted by Gasteiger charge is -1.56. The standard InChI is InChI=1S/CH5NO.H4N2/c2-1-3;1-2/h3H,1-2H2;1-2H2. The summed E-state index contributed by atoms with van der Waals surface area (Å²) >= 11 is 0. The molecule has 0 unspecified atom stereocenters. The summed E-state index contributed by atoms with van der Waals surface area (Å²) in [4.78, 5) is 0. The Morgan fingerprint density at radius 2 is 1.40 bits per heavy atom. The molecule has 0 bridgehead atoms. The molecule has 5 heavy (non-hydrogen) atoms. The van der Waals surface area contributed by atoms with Crippen molar-refractivity contribution in [2.75, 3.05) is 6.73 Å². The quantitative estimate of drug-likeness (QED) is 0.149. The molecule has 7 N–H and O–H groups in total. The van der Waals surface area contributed by atoms with Crippen LogP contribution < -0.4 is 17.4 Å². The average molecular weight is 79.1 g/mol. The molecule has 0 spiro atoms. The van der Waals surface area contributed by atoms with Gasteiger partial charge in [0.15, 0.2) is 0 Å². The zero-order valence-corrected chi connectivity index (χ0v) is 2.89. The lowest BCUT2D eigenvalue weighted by molar-refractivity contribution is 0.307. The van der Waals surface area contributed by atoms with Crippen molar-refractivity contribution < 1.29 is 5.11 Å². The third-order valence-electron chi connectivity index (χ3n) is 0. The zero-order chi connectivity index (χ0) is 4.71. The van der Waals surface area contributed by atoms with Gasteiger partial charge in [0.1, 0.15) is 0 Å². The smallest absolute Gasteiger partial charge is 0.0906 e. The maximum Gasteiger partial charge on any atom is 0.0906 e. The predicted molar refractivity (Wildman–Crippen MR) is 19.6 cm³/mol. The number of rotatable bonds is 0. The lowest BCUT2D eigenvalue weighted by Crippen LogP contribution is -2.02. The average Bonchev–Trinajstić information content (AvgIpc) is 1.46. The minimum absolute atomic E-state index is 0.250. The largest absolute Gasteiger partial charge is 0.382 e. The number of aliphatic hydroxyl groups excluding tert-OH is 1. The first-order valence-corrected chi connectivity index (χ1v) is 1.06. The molecule has 0 saturated heterocycles. The van der Waals surface area contributed by atoms with E-state index in [2.05, 4.69) is 17.4 Å². The van der Waals surface area contributed by atoms with Gasteiger partial charge in [0, 0.05) is 0 Å². The minimum atomic E-state index is -0.250. The molecule has 0 atom stereocenters. The molecular weight excluding hydrogens is 70.0 g/mol. The van der Waals surface area contributed by atoms with Gasteiger partial charge in [-0.25, -0.2) is 0 Å². The SMILES string of the molecule is NCO.NN. The molecule has 0 aromatic rings. The van der Waals surface area contributed by atoms with Crippen LogP contribution >= 0.6 is 0 Å². The van der Waals surface area contributed by atoms with Crippen molar-refractivity contribution in [3.05, 3.63) is 0 Å². The summed E-state index contributed by atoms with van der Waals surface area (Å²) < 4.78 is 0. The summed E-state index contributed by atoms with van der Waals surface area (Å²) in [5, 5.41) is 7.35. The Labute approximate surface area is 30.5 Å². The first-order chi connectivity index (χ1) is 2.41. The molecule has 0 radical (unpaired) electrons. The topological polar surface area (TPSA) is 98.3 Å². The van der Waals surface area contributed by atoms with Gasteiger partial charge in [-0.05, 0) is 0 Å². The van der Waals surface area contributed by atoms with Gasteiger partial charge in [0.05, 0.1) is 6.73 Å². The van der Waals surface area contributed by atoms with E-state index in [-0.39, 0.29) is 6.73 Å². The molecule has 0 aliphatic heterocycles. The Balaban J connectivity index is 0. The normalized spacial score (nSPS) is 4.80. The van der Waals surface area contributed by atoms with Crippen LogP contribution in [-0.2, 0) is 0 Å². The summed E-state index contributed by atoms with van der Waals surface area (Å²) in [7, 11) is 0. The van der Waals surface area contributed by atoms with Crippen LogP contribution in [0.25, 0.3) is 0 Å². The second kappa shape index (κ2) is 43.9. The third kappa shape index (κ3) is 508. The molecule has 0 fully saturated rings. The van der Waals surface area contributed by atoms with Crippen molar-refractivity contribution in [2.45, 2.75) is 0 Å². The molecule has 0 saturated carbocycles. The second-order valence-corrected chi connectivity index (χ2v) is 0.183. The summed E-state index contributed by atoms with van der Waals surface area (Å²) in [6, 6.07) is 0. The Bertz CT molecular complexity index is 6.85. The Morgan fingerprint density at radius 3 is 1.40 bits per heavy atom. The number of aliphatic hydroxyl groups is 1. The molecule has 34 valence electrons. The van der Waals surface area contributed by atoms with E-state index >= 15 is 0 Å². The van der Waals surface area contributed by atoms with E-state index in [9.17, 15) is 0 Å². The van der Waals surface area contributed by atoms with Crippen LogP contribution in [-0.4, -0.2) is 11.8 Å². The van der Waals surface area contributed by atoms with Gasteiger partial charge in [0.2, 0.25) is 0 Å². The molecule has 0 heterocycles. The molecule has 4 heteroatoms. The minimum Gasteiger partial charge on any atom is -0.382 e. The van der Waals surface area contributed by atoms with E-state index in [1.165, 1.54) is 0 Å². The molecule has 0 amide bonds. The van der Waals surface area contributed by atoms with Gasteiger partial charge < -0.3 is 10.8 Å². The lowest BCUT2D eigenvalue weighted by atomic mass is 11.4. The van der Waals surface area contributed by atoms with Gasteiger partial charge >= 0.3 is 0 Å². The second-order valence-electron chi connectivity index (χ2n) is 0.183. The van der Waals surface area contributed by atoms with Crippen LogP contribution in [0.2, 0.25) is 0 Å². The molecule has 4 nitrogen and oxygen atoms in total. The Morgan fingerprint density at radius 1 is 1.40 bits per heavy atom. The van der Waals surface area contributed by atoms with Gasteiger partial charge in [-0.3, -0.25) is 11.7 Å². The molecule has 0 aromatic carbocycles. The van der Waals surface area contributed by atoms with Gasteiger partial charge in [0.25, 0.3) is 0 Å². The fraction of sp³-hybridized carbons (Fsp3) is 1.00. The van der Waals surface area contributed by atoms with Crippen LogP contribution in [0.4, 0.5) is 0 Å². The van der Waals surface area contributed by atoms with Crippen LogP contribution in [0.15, 0.2) is 0 Å². The molecule has 0 aromatic heterocycles. The van der Waals surface area contributed by atoms with Crippen molar-refractivity contribution in [1.29, 1.82) is 0 Å². The Kier molecular flexibility index (Phi) is 77.7. The molecule has 0 aliphatic carbocycles. The van der Waals surface area contributed by atoms with Crippen molar-refractivity contribution >= 4 is 0 Å². The van der Waals surface area contributed by atoms with Crippen molar-refractivity contribution in [1.82, 2.24) is 0 Å². The highest BCUT2D eigenvalue weighted by Gasteiger charge is 1.30. The summed E-state index contributed by atoms with van der Waals surface area (Å²) in [5.41, 5.74) is 4.40. The highest BCUT2D eigenvalue weighted by molar-refractivity contribution is 3.76. The number of hydrogen-bond donors (Lipinski definition) is 4. The number of hydrazine groups is 1. The van der Waals surface area contributed by atoms with Crippen LogP contribution in [0.1, 0.15) is 0 Å². The van der Waals surface area contributed by atoms with E-state index in [0.717, 1.165) is 0 Å². The van der Waals surface area contributed by atoms with Gasteiger partial charge in [-0.1, -0.05) is 0 Å². The van der Waals surface area contributed by atoms with Crippen LogP contribution in [0, 0.1) is 0 Å². The molecule has 0 rings (SSSR count).